The van der Waals surface area contributed by atoms with Gasteiger partial charge in [-0.15, -0.1) is 0 Å². The van der Waals surface area contributed by atoms with Crippen molar-refractivity contribution in [3.8, 4) is 0 Å². The first-order valence-electron chi connectivity index (χ1n) is 15.2. The van der Waals surface area contributed by atoms with Crippen LogP contribution in [0.1, 0.15) is 39.7 Å². The molecule has 9 heteroatoms. The fraction of sp³-hybridized carbons (Fsp3) is 0.371. The number of benzene rings is 3. The Hall–Kier alpha value is -3.82. The van der Waals surface area contributed by atoms with Crippen molar-refractivity contribution in [3.05, 3.63) is 96.1 Å². The van der Waals surface area contributed by atoms with Gasteiger partial charge in [-0.05, 0) is 57.3 Å². The van der Waals surface area contributed by atoms with Crippen molar-refractivity contribution in [1.29, 1.82) is 0 Å². The molecule has 6 rings (SSSR count). The van der Waals surface area contributed by atoms with Gasteiger partial charge in [0, 0.05) is 19.1 Å². The third kappa shape index (κ3) is 5.47. The second kappa shape index (κ2) is 11.6. The van der Waals surface area contributed by atoms with E-state index in [2.05, 4.69) is 74.6 Å². The molecule has 1 heterocycles. The summed E-state index contributed by atoms with van der Waals surface area (Å²) < 4.78 is 43.2. The summed E-state index contributed by atoms with van der Waals surface area (Å²) in [7, 11) is -2.66. The van der Waals surface area contributed by atoms with Crippen molar-refractivity contribution in [2.24, 2.45) is 17.8 Å². The number of carbonyl (C=O) groups is 2. The molecule has 2 fully saturated rings. The van der Waals surface area contributed by atoms with Gasteiger partial charge in [0.1, 0.15) is 17.7 Å². The Bertz CT molecular complexity index is 1530. The largest absolute Gasteiger partial charge is 0.442 e. The Labute approximate surface area is 258 Å². The molecule has 230 valence electrons. The number of anilines is 1. The van der Waals surface area contributed by atoms with Crippen LogP contribution in [0.4, 0.5) is 19.3 Å². The van der Waals surface area contributed by atoms with Crippen LogP contribution in [0.5, 0.6) is 0 Å². The Morgan fingerprint density at radius 1 is 1.02 bits per heavy atom. The summed E-state index contributed by atoms with van der Waals surface area (Å²) in [6.07, 6.45) is 1.30. The lowest BCUT2D eigenvalue weighted by atomic mass is 9.99. The van der Waals surface area contributed by atoms with Crippen molar-refractivity contribution in [3.63, 3.8) is 0 Å². The minimum absolute atomic E-state index is 0.0324. The number of allylic oxidation sites excluding steroid dienone is 2. The SMILES string of the molecule is CC(=O)NC[C@H]1CN(c2cc(F)c(C3=CC4C(CO[Si](c5ccccc5)(c5ccccc5)C(C)(C)C)C4C3)c(F)c2)C(=O)O1. The number of cyclic esters (lactones) is 1. The predicted molar refractivity (Wildman–Crippen MR) is 169 cm³/mol. The molecule has 1 N–H and O–H groups in total. The maximum Gasteiger partial charge on any atom is 0.414 e. The van der Waals surface area contributed by atoms with Crippen LogP contribution in [0.15, 0.2) is 78.9 Å². The van der Waals surface area contributed by atoms with Crippen molar-refractivity contribution >= 4 is 42.0 Å². The van der Waals surface area contributed by atoms with Crippen LogP contribution in [-0.2, 0) is 14.0 Å². The number of halogens is 2. The molecular weight excluding hydrogens is 578 g/mol. The second-order valence-electron chi connectivity index (χ2n) is 13.1. The van der Waals surface area contributed by atoms with Gasteiger partial charge in [0.25, 0.3) is 8.32 Å². The number of hydrogen-bond acceptors (Lipinski definition) is 4. The summed E-state index contributed by atoms with van der Waals surface area (Å²) in [6.45, 7) is 8.95. The molecule has 6 nitrogen and oxygen atoms in total. The van der Waals surface area contributed by atoms with Gasteiger partial charge in [-0.25, -0.2) is 13.6 Å². The van der Waals surface area contributed by atoms with Gasteiger partial charge >= 0.3 is 6.09 Å². The van der Waals surface area contributed by atoms with E-state index in [1.165, 1.54) is 34.3 Å². The number of ether oxygens (including phenoxy) is 1. The number of nitrogens with one attached hydrogen (secondary N) is 1. The highest BCUT2D eigenvalue weighted by molar-refractivity contribution is 6.99. The lowest BCUT2D eigenvalue weighted by molar-refractivity contribution is -0.119. The fourth-order valence-electron chi connectivity index (χ4n) is 7.09. The minimum Gasteiger partial charge on any atom is -0.442 e. The number of carbonyl (C=O) groups excluding carboxylic acids is 2. The standard InChI is InChI=1S/C35H38F2N2O4Si/c1-22(40)38-19-25-20-39(34(41)43-25)24-17-31(36)33(32(37)18-24)23-15-28-29(16-23)30(28)21-42-44(35(2,3)4,26-11-7-5-8-12-26)27-13-9-6-10-14-27/h5-15,17-18,25,28-30H,16,19-21H2,1-4H3,(H,38,40)/t25-,28?,29?,30?/m0/s1. The first-order valence-corrected chi connectivity index (χ1v) is 17.1. The number of rotatable bonds is 9. The number of amides is 2. The average molecular weight is 617 g/mol. The lowest BCUT2D eigenvalue weighted by Crippen LogP contribution is -2.66. The fourth-order valence-corrected chi connectivity index (χ4v) is 11.7. The molecule has 2 amide bonds. The first kappa shape index (κ1) is 30.2. The smallest absolute Gasteiger partial charge is 0.414 e. The monoisotopic (exact) mass is 616 g/mol. The maximum absolute atomic E-state index is 15.4. The van der Waals surface area contributed by atoms with E-state index < -0.39 is 32.1 Å². The molecule has 44 heavy (non-hydrogen) atoms. The second-order valence-corrected chi connectivity index (χ2v) is 17.4. The molecule has 1 saturated heterocycles. The molecular formula is C35H38F2N2O4Si. The molecule has 1 aliphatic heterocycles. The lowest BCUT2D eigenvalue weighted by Gasteiger charge is -2.43. The molecule has 0 aromatic heterocycles. The van der Waals surface area contributed by atoms with E-state index in [0.29, 0.717) is 24.5 Å². The van der Waals surface area contributed by atoms with Gasteiger partial charge in [-0.2, -0.15) is 0 Å². The summed E-state index contributed by atoms with van der Waals surface area (Å²) in [4.78, 5) is 24.8. The van der Waals surface area contributed by atoms with Gasteiger partial charge in [0.05, 0.1) is 18.8 Å². The Balaban J connectivity index is 1.18. The number of hydrogen-bond donors (Lipinski definition) is 1. The molecule has 0 spiro atoms. The Kier molecular flexibility index (Phi) is 7.96. The summed E-state index contributed by atoms with van der Waals surface area (Å²) in [5, 5.41) is 4.93. The van der Waals surface area contributed by atoms with Gasteiger partial charge in [-0.3, -0.25) is 9.69 Å². The van der Waals surface area contributed by atoms with E-state index in [9.17, 15) is 9.59 Å². The molecule has 0 bridgehead atoms. The molecule has 1 saturated carbocycles. The van der Waals surface area contributed by atoms with E-state index in [1.807, 2.05) is 18.2 Å². The average Bonchev–Trinajstić information content (AvgIpc) is 3.26. The van der Waals surface area contributed by atoms with E-state index >= 15 is 8.78 Å². The molecule has 2 aliphatic carbocycles. The van der Waals surface area contributed by atoms with Crippen molar-refractivity contribution in [2.45, 2.75) is 45.3 Å². The van der Waals surface area contributed by atoms with Gasteiger partial charge < -0.3 is 14.5 Å². The van der Waals surface area contributed by atoms with Gasteiger partial charge in [-0.1, -0.05) is 87.5 Å². The Morgan fingerprint density at radius 2 is 1.61 bits per heavy atom. The van der Waals surface area contributed by atoms with Crippen LogP contribution in [-0.4, -0.2) is 46.1 Å². The van der Waals surface area contributed by atoms with Crippen LogP contribution in [0.3, 0.4) is 0 Å². The highest BCUT2D eigenvalue weighted by Crippen LogP contribution is 2.59. The topological polar surface area (TPSA) is 67.9 Å². The summed E-state index contributed by atoms with van der Waals surface area (Å²) in [6, 6.07) is 23.4. The molecule has 4 atom stereocenters. The summed E-state index contributed by atoms with van der Waals surface area (Å²) in [5.41, 5.74) is 0.727. The zero-order valence-corrected chi connectivity index (χ0v) is 26.5. The number of fused-ring (bicyclic) bond motifs is 1. The summed E-state index contributed by atoms with van der Waals surface area (Å²) >= 11 is 0. The first-order chi connectivity index (χ1) is 21.0. The minimum atomic E-state index is -2.66. The normalized spacial score (nSPS) is 22.8. The highest BCUT2D eigenvalue weighted by Gasteiger charge is 2.56. The molecule has 3 aromatic rings. The van der Waals surface area contributed by atoms with Gasteiger partial charge in [0.15, 0.2) is 0 Å². The van der Waals surface area contributed by atoms with Crippen molar-refractivity contribution in [2.75, 3.05) is 24.6 Å². The quantitative estimate of drug-likeness (QED) is 0.316. The van der Waals surface area contributed by atoms with E-state index in [0.717, 1.165) is 0 Å². The van der Waals surface area contributed by atoms with Gasteiger partial charge in [0.2, 0.25) is 5.91 Å². The van der Waals surface area contributed by atoms with E-state index in [1.54, 1.807) is 0 Å². The number of nitrogens with zero attached hydrogens (tertiary/aromatic N) is 1. The van der Waals surface area contributed by atoms with E-state index in [4.69, 9.17) is 9.16 Å². The van der Waals surface area contributed by atoms with Crippen LogP contribution in [0, 0.1) is 29.4 Å². The van der Waals surface area contributed by atoms with Crippen molar-refractivity contribution in [1.82, 2.24) is 5.32 Å². The van der Waals surface area contributed by atoms with Crippen molar-refractivity contribution < 1.29 is 27.5 Å². The third-order valence-corrected chi connectivity index (χ3v) is 14.3. The molecule has 0 radical (unpaired) electrons. The zero-order chi connectivity index (χ0) is 31.2. The van der Waals surface area contributed by atoms with Crippen LogP contribution >= 0.6 is 0 Å². The molecule has 3 unspecified atom stereocenters. The Morgan fingerprint density at radius 3 is 2.11 bits per heavy atom. The molecule has 3 aliphatic rings. The van der Waals surface area contributed by atoms with Crippen LogP contribution < -0.4 is 20.6 Å². The maximum atomic E-state index is 15.4. The zero-order valence-electron chi connectivity index (χ0n) is 25.5. The third-order valence-electron chi connectivity index (χ3n) is 9.27. The summed E-state index contributed by atoms with van der Waals surface area (Å²) in [5.74, 6) is -0.863. The molecule has 3 aromatic carbocycles. The van der Waals surface area contributed by atoms with E-state index in [-0.39, 0.29) is 47.1 Å². The highest BCUT2D eigenvalue weighted by atomic mass is 28.4. The predicted octanol–water partition coefficient (Wildman–Crippen LogP) is 5.65. The van der Waals surface area contributed by atoms with Crippen LogP contribution in [0.25, 0.3) is 5.57 Å². The van der Waals surface area contributed by atoms with Crippen LogP contribution in [0.2, 0.25) is 5.04 Å².